The number of nitrogens with zero attached hydrogens (tertiary/aromatic N) is 1. The van der Waals surface area contributed by atoms with E-state index in [0.717, 1.165) is 25.9 Å². The number of hydrogen-bond acceptors (Lipinski definition) is 2. The predicted molar refractivity (Wildman–Crippen MR) is 73.1 cm³/mol. The van der Waals surface area contributed by atoms with Crippen molar-refractivity contribution in [1.29, 1.82) is 0 Å². The first-order chi connectivity index (χ1) is 8.70. The molecule has 2 atom stereocenters. The third-order valence-electron chi connectivity index (χ3n) is 3.74. The van der Waals surface area contributed by atoms with Gasteiger partial charge in [-0.2, -0.15) is 0 Å². The molecule has 1 heterocycles. The lowest BCUT2D eigenvalue weighted by Crippen LogP contribution is -2.36. The predicted octanol–water partition coefficient (Wildman–Crippen LogP) is 1.67. The molecule has 2 unspecified atom stereocenters. The van der Waals surface area contributed by atoms with E-state index >= 15 is 0 Å². The lowest BCUT2D eigenvalue weighted by atomic mass is 9.99. The largest absolute Gasteiger partial charge is 0.342 e. The maximum Gasteiger partial charge on any atom is 0.226 e. The van der Waals surface area contributed by atoms with Crippen molar-refractivity contribution >= 4 is 5.91 Å². The van der Waals surface area contributed by atoms with Gasteiger partial charge in [0.25, 0.3) is 0 Å². The van der Waals surface area contributed by atoms with E-state index in [9.17, 15) is 4.79 Å². The van der Waals surface area contributed by atoms with E-state index in [1.54, 1.807) is 0 Å². The van der Waals surface area contributed by atoms with Crippen LogP contribution in [0.15, 0.2) is 30.3 Å². The van der Waals surface area contributed by atoms with Gasteiger partial charge < -0.3 is 10.6 Å². The molecule has 0 aliphatic carbocycles. The summed E-state index contributed by atoms with van der Waals surface area (Å²) in [6.07, 6.45) is 2.18. The summed E-state index contributed by atoms with van der Waals surface area (Å²) >= 11 is 0. The number of likely N-dealkylation sites (tertiary alicyclic amines) is 1. The zero-order valence-corrected chi connectivity index (χ0v) is 11.0. The SMILES string of the molecule is CC(CN)C(=O)N1CCC(Cc2ccccc2)C1. The first-order valence-corrected chi connectivity index (χ1v) is 6.73. The Labute approximate surface area is 109 Å². The summed E-state index contributed by atoms with van der Waals surface area (Å²) in [6.45, 7) is 4.13. The van der Waals surface area contributed by atoms with E-state index in [2.05, 4.69) is 24.3 Å². The minimum atomic E-state index is -0.0412. The third kappa shape index (κ3) is 3.10. The van der Waals surface area contributed by atoms with E-state index in [1.807, 2.05) is 17.9 Å². The normalized spacial score (nSPS) is 21.0. The molecule has 1 aromatic carbocycles. The van der Waals surface area contributed by atoms with Crippen LogP contribution in [0.1, 0.15) is 18.9 Å². The third-order valence-corrected chi connectivity index (χ3v) is 3.74. The lowest BCUT2D eigenvalue weighted by molar-refractivity contribution is -0.133. The number of rotatable bonds is 4. The standard InChI is InChI=1S/C15H22N2O/c1-12(10-16)15(18)17-8-7-14(11-17)9-13-5-3-2-4-6-13/h2-6,12,14H,7-11,16H2,1H3. The van der Waals surface area contributed by atoms with E-state index < -0.39 is 0 Å². The van der Waals surface area contributed by atoms with Crippen molar-refractivity contribution in [2.24, 2.45) is 17.6 Å². The Morgan fingerprint density at radius 1 is 1.44 bits per heavy atom. The highest BCUT2D eigenvalue weighted by Crippen LogP contribution is 2.22. The van der Waals surface area contributed by atoms with E-state index in [0.29, 0.717) is 12.5 Å². The lowest BCUT2D eigenvalue weighted by Gasteiger charge is -2.20. The Morgan fingerprint density at radius 3 is 2.83 bits per heavy atom. The van der Waals surface area contributed by atoms with E-state index in [4.69, 9.17) is 5.73 Å². The van der Waals surface area contributed by atoms with Crippen LogP contribution in [0.5, 0.6) is 0 Å². The molecular formula is C15H22N2O. The van der Waals surface area contributed by atoms with Crippen molar-refractivity contribution in [3.05, 3.63) is 35.9 Å². The number of carbonyl (C=O) groups is 1. The molecule has 1 aliphatic heterocycles. The van der Waals surface area contributed by atoms with Crippen molar-refractivity contribution in [2.45, 2.75) is 19.8 Å². The van der Waals surface area contributed by atoms with Crippen molar-refractivity contribution in [3.63, 3.8) is 0 Å². The van der Waals surface area contributed by atoms with Gasteiger partial charge in [0.1, 0.15) is 0 Å². The van der Waals surface area contributed by atoms with Gasteiger partial charge in [-0.05, 0) is 24.3 Å². The summed E-state index contributed by atoms with van der Waals surface area (Å²) in [4.78, 5) is 14.0. The summed E-state index contributed by atoms with van der Waals surface area (Å²) in [5.74, 6) is 0.773. The number of benzene rings is 1. The highest BCUT2D eigenvalue weighted by Gasteiger charge is 2.28. The highest BCUT2D eigenvalue weighted by atomic mass is 16.2. The van der Waals surface area contributed by atoms with Gasteiger partial charge in [-0.3, -0.25) is 4.79 Å². The van der Waals surface area contributed by atoms with Crippen LogP contribution < -0.4 is 5.73 Å². The molecule has 1 aliphatic rings. The fraction of sp³-hybridized carbons (Fsp3) is 0.533. The van der Waals surface area contributed by atoms with Gasteiger partial charge in [0.2, 0.25) is 5.91 Å². The Kier molecular flexibility index (Phi) is 4.37. The topological polar surface area (TPSA) is 46.3 Å². The van der Waals surface area contributed by atoms with Gasteiger partial charge in [-0.15, -0.1) is 0 Å². The quantitative estimate of drug-likeness (QED) is 0.878. The molecule has 0 spiro atoms. The van der Waals surface area contributed by atoms with Crippen LogP contribution in [0.25, 0.3) is 0 Å². The average molecular weight is 246 g/mol. The first-order valence-electron chi connectivity index (χ1n) is 6.73. The zero-order valence-electron chi connectivity index (χ0n) is 11.0. The fourth-order valence-electron chi connectivity index (χ4n) is 2.56. The molecule has 98 valence electrons. The molecule has 0 saturated carbocycles. The second-order valence-electron chi connectivity index (χ2n) is 5.27. The molecule has 3 heteroatoms. The second-order valence-corrected chi connectivity index (χ2v) is 5.27. The summed E-state index contributed by atoms with van der Waals surface area (Å²) in [6, 6.07) is 10.5. The molecule has 1 aromatic rings. The van der Waals surface area contributed by atoms with Gasteiger partial charge in [-0.25, -0.2) is 0 Å². The number of carbonyl (C=O) groups excluding carboxylic acids is 1. The van der Waals surface area contributed by atoms with Crippen LogP contribution in [-0.4, -0.2) is 30.4 Å². The van der Waals surface area contributed by atoms with Gasteiger partial charge in [0.15, 0.2) is 0 Å². The van der Waals surface area contributed by atoms with Crippen LogP contribution in [0.4, 0.5) is 0 Å². The maximum absolute atomic E-state index is 12.0. The Bertz CT molecular complexity index is 391. The molecule has 1 amide bonds. The van der Waals surface area contributed by atoms with Crippen LogP contribution in [-0.2, 0) is 11.2 Å². The second kappa shape index (κ2) is 6.01. The highest BCUT2D eigenvalue weighted by molar-refractivity contribution is 5.79. The molecular weight excluding hydrogens is 224 g/mol. The smallest absolute Gasteiger partial charge is 0.226 e. The van der Waals surface area contributed by atoms with Crippen molar-refractivity contribution in [1.82, 2.24) is 4.90 Å². The molecule has 0 aromatic heterocycles. The number of amides is 1. The molecule has 2 rings (SSSR count). The monoisotopic (exact) mass is 246 g/mol. The minimum absolute atomic E-state index is 0.0412. The minimum Gasteiger partial charge on any atom is -0.342 e. The van der Waals surface area contributed by atoms with Crippen molar-refractivity contribution < 1.29 is 4.79 Å². The molecule has 2 N–H and O–H groups in total. The summed E-state index contributed by atoms with van der Waals surface area (Å²) in [7, 11) is 0. The average Bonchev–Trinajstić information content (AvgIpc) is 2.86. The Balaban J connectivity index is 1.87. The summed E-state index contributed by atoms with van der Waals surface area (Å²) < 4.78 is 0. The maximum atomic E-state index is 12.0. The first kappa shape index (κ1) is 13.1. The summed E-state index contributed by atoms with van der Waals surface area (Å²) in [5, 5.41) is 0. The molecule has 1 saturated heterocycles. The van der Waals surface area contributed by atoms with Crippen molar-refractivity contribution in [3.8, 4) is 0 Å². The molecule has 1 fully saturated rings. The van der Waals surface area contributed by atoms with Crippen molar-refractivity contribution in [2.75, 3.05) is 19.6 Å². The van der Waals surface area contributed by atoms with Gasteiger partial charge >= 0.3 is 0 Å². The van der Waals surface area contributed by atoms with E-state index in [-0.39, 0.29) is 11.8 Å². The molecule has 0 bridgehead atoms. The Morgan fingerprint density at radius 2 is 2.17 bits per heavy atom. The van der Waals surface area contributed by atoms with E-state index in [1.165, 1.54) is 5.56 Å². The van der Waals surface area contributed by atoms with Crippen LogP contribution in [0.2, 0.25) is 0 Å². The van der Waals surface area contributed by atoms with Gasteiger partial charge in [0, 0.05) is 25.6 Å². The fourth-order valence-corrected chi connectivity index (χ4v) is 2.56. The molecule has 3 nitrogen and oxygen atoms in total. The van der Waals surface area contributed by atoms with Gasteiger partial charge in [0.05, 0.1) is 0 Å². The number of nitrogens with two attached hydrogens (primary N) is 1. The zero-order chi connectivity index (χ0) is 13.0. The Hall–Kier alpha value is -1.35. The van der Waals surface area contributed by atoms with Gasteiger partial charge in [-0.1, -0.05) is 37.3 Å². The molecule has 0 radical (unpaired) electrons. The number of hydrogen-bond donors (Lipinski definition) is 1. The van der Waals surface area contributed by atoms with Crippen LogP contribution in [0.3, 0.4) is 0 Å². The van der Waals surface area contributed by atoms with Crippen LogP contribution in [0, 0.1) is 11.8 Å². The summed E-state index contributed by atoms with van der Waals surface area (Å²) in [5.41, 5.74) is 6.92. The molecule has 18 heavy (non-hydrogen) atoms. The van der Waals surface area contributed by atoms with Crippen LogP contribution >= 0.6 is 0 Å².